The Kier molecular flexibility index (Phi) is 3.99. The summed E-state index contributed by atoms with van der Waals surface area (Å²) >= 11 is 3.49. The van der Waals surface area contributed by atoms with Gasteiger partial charge in [-0.1, -0.05) is 15.9 Å². The number of aryl methyl sites for hydroxylation is 1. The summed E-state index contributed by atoms with van der Waals surface area (Å²) in [6.45, 7) is 2.97. The van der Waals surface area contributed by atoms with Gasteiger partial charge < -0.3 is 13.7 Å². The van der Waals surface area contributed by atoms with Crippen LogP contribution in [0.3, 0.4) is 0 Å². The molecule has 1 unspecified atom stereocenters. The average molecular weight is 406 g/mol. The van der Waals surface area contributed by atoms with Gasteiger partial charge in [-0.15, -0.1) is 5.10 Å². The van der Waals surface area contributed by atoms with Crippen molar-refractivity contribution < 1.29 is 13.6 Å². The first-order valence-electron chi connectivity index (χ1n) is 8.06. The van der Waals surface area contributed by atoms with Crippen molar-refractivity contribution in [3.05, 3.63) is 50.4 Å². The smallest absolute Gasteiger partial charge is 0.434 e. The summed E-state index contributed by atoms with van der Waals surface area (Å²) in [6, 6.07) is 5.54. The number of hydrogen-bond donors (Lipinski definition) is 1. The molecule has 7 nitrogen and oxygen atoms in total. The number of furan rings is 1. The van der Waals surface area contributed by atoms with Crippen molar-refractivity contribution in [1.82, 2.24) is 15.1 Å². The van der Waals surface area contributed by atoms with Crippen LogP contribution in [0.2, 0.25) is 0 Å². The van der Waals surface area contributed by atoms with Crippen LogP contribution in [0, 0.1) is 6.92 Å². The first-order valence-corrected chi connectivity index (χ1v) is 8.85. The molecule has 1 N–H and O–H groups in total. The minimum absolute atomic E-state index is 0.0825. The van der Waals surface area contributed by atoms with Gasteiger partial charge in [-0.3, -0.25) is 4.79 Å². The molecular weight excluding hydrogens is 390 g/mol. The number of benzene rings is 1. The zero-order chi connectivity index (χ0) is 17.6. The Hall–Kier alpha value is -2.35. The highest BCUT2D eigenvalue weighted by atomic mass is 79.9. The molecule has 1 aromatic carbocycles. The van der Waals surface area contributed by atoms with E-state index in [9.17, 15) is 9.59 Å². The molecule has 1 aliphatic heterocycles. The fourth-order valence-electron chi connectivity index (χ4n) is 3.33. The van der Waals surface area contributed by atoms with Crippen LogP contribution in [0.1, 0.15) is 40.8 Å². The SMILES string of the molecule is Cc1cc2c(Br)ccc(C(=O)N3CCCC(c4n[nH]c(=O)o4)C3)c2o1. The second kappa shape index (κ2) is 6.18. The van der Waals surface area contributed by atoms with E-state index in [1.807, 2.05) is 19.1 Å². The molecule has 3 aromatic rings. The number of aromatic amines is 1. The maximum Gasteiger partial charge on any atom is 0.434 e. The van der Waals surface area contributed by atoms with E-state index in [1.54, 1.807) is 11.0 Å². The van der Waals surface area contributed by atoms with E-state index in [-0.39, 0.29) is 11.8 Å². The van der Waals surface area contributed by atoms with Crippen LogP contribution in [-0.4, -0.2) is 34.1 Å². The van der Waals surface area contributed by atoms with Crippen molar-refractivity contribution in [1.29, 1.82) is 0 Å². The summed E-state index contributed by atoms with van der Waals surface area (Å²) in [4.78, 5) is 26.0. The summed E-state index contributed by atoms with van der Waals surface area (Å²) in [5.74, 6) is 0.373. The Labute approximate surface area is 151 Å². The highest BCUT2D eigenvalue weighted by molar-refractivity contribution is 9.10. The molecule has 1 saturated heterocycles. The van der Waals surface area contributed by atoms with E-state index in [0.717, 1.165) is 28.5 Å². The molecule has 25 heavy (non-hydrogen) atoms. The number of likely N-dealkylation sites (tertiary alicyclic amines) is 1. The lowest BCUT2D eigenvalue weighted by Crippen LogP contribution is -2.39. The van der Waals surface area contributed by atoms with Gasteiger partial charge in [0.2, 0.25) is 5.89 Å². The summed E-state index contributed by atoms with van der Waals surface area (Å²) in [7, 11) is 0. The van der Waals surface area contributed by atoms with Crippen molar-refractivity contribution in [2.45, 2.75) is 25.7 Å². The number of nitrogens with zero attached hydrogens (tertiary/aromatic N) is 2. The summed E-state index contributed by atoms with van der Waals surface area (Å²) in [6.07, 6.45) is 1.65. The largest absolute Gasteiger partial charge is 0.460 e. The molecule has 0 bridgehead atoms. The molecule has 1 atom stereocenters. The van der Waals surface area contributed by atoms with Crippen molar-refractivity contribution in [2.24, 2.45) is 0 Å². The fourth-order valence-corrected chi connectivity index (χ4v) is 3.76. The molecule has 0 saturated carbocycles. The lowest BCUT2D eigenvalue weighted by Gasteiger charge is -2.31. The van der Waals surface area contributed by atoms with E-state index < -0.39 is 5.76 Å². The Balaban J connectivity index is 1.64. The van der Waals surface area contributed by atoms with E-state index in [2.05, 4.69) is 26.1 Å². The maximum absolute atomic E-state index is 13.0. The molecule has 1 aliphatic rings. The lowest BCUT2D eigenvalue weighted by molar-refractivity contribution is 0.0698. The number of aromatic nitrogens is 2. The number of fused-ring (bicyclic) bond motifs is 1. The van der Waals surface area contributed by atoms with Crippen LogP contribution < -0.4 is 5.76 Å². The van der Waals surface area contributed by atoms with Gasteiger partial charge in [0.25, 0.3) is 5.91 Å². The molecule has 0 spiro atoms. The normalized spacial score (nSPS) is 18.0. The molecule has 0 radical (unpaired) electrons. The predicted molar refractivity (Wildman–Crippen MR) is 93.7 cm³/mol. The van der Waals surface area contributed by atoms with Gasteiger partial charge in [0.1, 0.15) is 11.3 Å². The Morgan fingerprint density at radius 1 is 1.40 bits per heavy atom. The van der Waals surface area contributed by atoms with Crippen LogP contribution in [0.15, 0.2) is 36.3 Å². The van der Waals surface area contributed by atoms with Gasteiger partial charge in [0.15, 0.2) is 0 Å². The Morgan fingerprint density at radius 3 is 3.00 bits per heavy atom. The number of hydrogen-bond acceptors (Lipinski definition) is 5. The third-order valence-corrected chi connectivity index (χ3v) is 5.19. The molecule has 8 heteroatoms. The van der Waals surface area contributed by atoms with Crippen molar-refractivity contribution in [2.75, 3.05) is 13.1 Å². The number of H-pyrrole nitrogens is 1. The molecule has 1 amide bonds. The Morgan fingerprint density at radius 2 is 2.24 bits per heavy atom. The Bertz CT molecular complexity index is 1000. The van der Waals surface area contributed by atoms with E-state index in [4.69, 9.17) is 8.83 Å². The van der Waals surface area contributed by atoms with Crippen molar-refractivity contribution >= 4 is 32.8 Å². The second-order valence-corrected chi connectivity index (χ2v) is 7.09. The average Bonchev–Trinajstić information content (AvgIpc) is 3.21. The number of halogens is 1. The van der Waals surface area contributed by atoms with Gasteiger partial charge in [0.05, 0.1) is 11.5 Å². The molecule has 1 fully saturated rings. The molecule has 0 aliphatic carbocycles. The third kappa shape index (κ3) is 2.90. The number of nitrogens with one attached hydrogen (secondary N) is 1. The number of carbonyl (C=O) groups is 1. The van der Waals surface area contributed by atoms with Crippen LogP contribution in [0.25, 0.3) is 11.0 Å². The van der Waals surface area contributed by atoms with E-state index >= 15 is 0 Å². The molecule has 4 rings (SSSR count). The van der Waals surface area contributed by atoms with Crippen LogP contribution in [0.5, 0.6) is 0 Å². The van der Waals surface area contributed by atoms with E-state index in [0.29, 0.717) is 30.1 Å². The standard InChI is InChI=1S/C17H16BrN3O4/c1-9-7-12-13(18)5-4-11(14(12)24-9)16(22)21-6-2-3-10(8-21)15-19-20-17(23)25-15/h4-5,7,10H,2-3,6,8H2,1H3,(H,20,23). The molecule has 3 heterocycles. The number of piperidine rings is 1. The molecular formula is C17H16BrN3O4. The molecule has 2 aromatic heterocycles. The zero-order valence-corrected chi connectivity index (χ0v) is 15.1. The van der Waals surface area contributed by atoms with Gasteiger partial charge in [0, 0.05) is 22.9 Å². The topological polar surface area (TPSA) is 92.3 Å². The minimum atomic E-state index is -0.570. The highest BCUT2D eigenvalue weighted by Crippen LogP contribution is 2.32. The highest BCUT2D eigenvalue weighted by Gasteiger charge is 2.30. The second-order valence-electron chi connectivity index (χ2n) is 6.24. The van der Waals surface area contributed by atoms with Gasteiger partial charge in [-0.05, 0) is 38.0 Å². The quantitative estimate of drug-likeness (QED) is 0.706. The number of amides is 1. The van der Waals surface area contributed by atoms with Gasteiger partial charge >= 0.3 is 5.76 Å². The maximum atomic E-state index is 13.0. The first kappa shape index (κ1) is 16.1. The predicted octanol–water partition coefficient (Wildman–Crippen LogP) is 3.20. The van der Waals surface area contributed by atoms with Crippen LogP contribution >= 0.6 is 15.9 Å². The van der Waals surface area contributed by atoms with Gasteiger partial charge in [-0.2, -0.15) is 0 Å². The summed E-state index contributed by atoms with van der Waals surface area (Å²) < 4.78 is 11.7. The monoisotopic (exact) mass is 405 g/mol. The summed E-state index contributed by atoms with van der Waals surface area (Å²) in [5.41, 5.74) is 1.13. The zero-order valence-electron chi connectivity index (χ0n) is 13.5. The van der Waals surface area contributed by atoms with E-state index in [1.165, 1.54) is 0 Å². The number of rotatable bonds is 2. The third-order valence-electron chi connectivity index (χ3n) is 4.50. The van der Waals surface area contributed by atoms with Crippen molar-refractivity contribution in [3.63, 3.8) is 0 Å². The minimum Gasteiger partial charge on any atom is -0.460 e. The summed E-state index contributed by atoms with van der Waals surface area (Å²) in [5, 5.41) is 7.07. The fraction of sp³-hybridized carbons (Fsp3) is 0.353. The van der Waals surface area contributed by atoms with Crippen molar-refractivity contribution in [3.8, 4) is 0 Å². The number of carbonyl (C=O) groups excluding carboxylic acids is 1. The van der Waals surface area contributed by atoms with Crippen LogP contribution in [-0.2, 0) is 0 Å². The lowest BCUT2D eigenvalue weighted by atomic mass is 9.97. The molecule has 130 valence electrons. The first-order chi connectivity index (χ1) is 12.0. The van der Waals surface area contributed by atoms with Gasteiger partial charge in [-0.25, -0.2) is 9.89 Å². The van der Waals surface area contributed by atoms with Crippen LogP contribution in [0.4, 0.5) is 0 Å².